The van der Waals surface area contributed by atoms with Crippen molar-refractivity contribution in [3.05, 3.63) is 126 Å². The van der Waals surface area contributed by atoms with Crippen LogP contribution in [0.3, 0.4) is 0 Å². The largest absolute Gasteiger partial charge is 0.311 e. The van der Waals surface area contributed by atoms with Crippen LogP contribution in [0.4, 0.5) is 34.1 Å². The van der Waals surface area contributed by atoms with Gasteiger partial charge in [-0.1, -0.05) is 93.1 Å². The number of anilines is 6. The van der Waals surface area contributed by atoms with Crippen molar-refractivity contribution in [2.24, 2.45) is 0 Å². The average molecular weight is 490 g/mol. The van der Waals surface area contributed by atoms with E-state index < -0.39 is 0 Å². The van der Waals surface area contributed by atoms with E-state index in [-0.39, 0.29) is 12.1 Å². The molecule has 0 amide bonds. The molecule has 0 aromatic heterocycles. The topological polar surface area (TPSA) is 6.48 Å². The number of fused-ring (bicyclic) bond motifs is 4. The van der Waals surface area contributed by atoms with Crippen LogP contribution >= 0.6 is 0 Å². The Morgan fingerprint density at radius 1 is 0.526 bits per heavy atom. The van der Waals surface area contributed by atoms with E-state index in [2.05, 4.69) is 153 Å². The SMILES string of the molecule is Cc1ccc(N2c3ccc(C(C)(C)C)cc3B3c4ccccc4N(c4ccccc4)c4cccc2c43)cc1. The van der Waals surface area contributed by atoms with Gasteiger partial charge in [0, 0.05) is 34.1 Å². The van der Waals surface area contributed by atoms with E-state index in [0.29, 0.717) is 0 Å². The van der Waals surface area contributed by atoms with Gasteiger partial charge in [-0.15, -0.1) is 0 Å². The lowest BCUT2D eigenvalue weighted by Crippen LogP contribution is -2.61. The Kier molecular flexibility index (Phi) is 5.06. The maximum Gasteiger partial charge on any atom is 0.252 e. The second-order valence-electron chi connectivity index (χ2n) is 11.6. The van der Waals surface area contributed by atoms with Crippen LogP contribution in [0, 0.1) is 6.92 Å². The Bertz CT molecular complexity index is 1670. The van der Waals surface area contributed by atoms with E-state index in [1.807, 2.05) is 0 Å². The number of para-hydroxylation sites is 2. The molecule has 0 unspecified atom stereocenters. The van der Waals surface area contributed by atoms with Gasteiger partial charge >= 0.3 is 0 Å². The predicted molar refractivity (Wildman–Crippen MR) is 164 cm³/mol. The molecule has 38 heavy (non-hydrogen) atoms. The van der Waals surface area contributed by atoms with Gasteiger partial charge < -0.3 is 9.80 Å². The Balaban J connectivity index is 1.57. The highest BCUT2D eigenvalue weighted by Crippen LogP contribution is 2.44. The molecule has 0 aliphatic carbocycles. The molecule has 2 nitrogen and oxygen atoms in total. The highest BCUT2D eigenvalue weighted by Gasteiger charge is 2.43. The zero-order chi connectivity index (χ0) is 26.0. The first-order chi connectivity index (χ1) is 18.4. The normalized spacial score (nSPS) is 13.6. The Hall–Kier alpha value is -4.24. The van der Waals surface area contributed by atoms with Crippen molar-refractivity contribution in [1.29, 1.82) is 0 Å². The Morgan fingerprint density at radius 3 is 1.79 bits per heavy atom. The van der Waals surface area contributed by atoms with Gasteiger partial charge in [-0.25, -0.2) is 0 Å². The number of hydrogen-bond donors (Lipinski definition) is 0. The van der Waals surface area contributed by atoms with Crippen LogP contribution in [0.1, 0.15) is 31.9 Å². The molecule has 0 N–H and O–H groups in total. The van der Waals surface area contributed by atoms with Gasteiger partial charge in [0.2, 0.25) is 0 Å². The van der Waals surface area contributed by atoms with Gasteiger partial charge in [0.1, 0.15) is 0 Å². The lowest BCUT2D eigenvalue weighted by atomic mass is 9.33. The fraction of sp³-hybridized carbons (Fsp3) is 0.143. The summed E-state index contributed by atoms with van der Waals surface area (Å²) < 4.78 is 0. The highest BCUT2D eigenvalue weighted by atomic mass is 15.2. The monoisotopic (exact) mass is 490 g/mol. The number of rotatable bonds is 2. The molecule has 0 radical (unpaired) electrons. The van der Waals surface area contributed by atoms with Crippen LogP contribution in [0.2, 0.25) is 0 Å². The molecule has 0 saturated heterocycles. The molecule has 0 spiro atoms. The van der Waals surface area contributed by atoms with E-state index in [1.165, 1.54) is 61.6 Å². The van der Waals surface area contributed by atoms with E-state index >= 15 is 0 Å². The minimum atomic E-state index is 0.0633. The molecule has 3 heteroatoms. The van der Waals surface area contributed by atoms with Crippen LogP contribution in [0.25, 0.3) is 0 Å². The van der Waals surface area contributed by atoms with Crippen molar-refractivity contribution in [3.8, 4) is 0 Å². The second kappa shape index (κ2) is 8.39. The smallest absolute Gasteiger partial charge is 0.252 e. The summed E-state index contributed by atoms with van der Waals surface area (Å²) in [5.41, 5.74) is 14.2. The summed E-state index contributed by atoms with van der Waals surface area (Å²) in [6.45, 7) is 9.23. The third-order valence-electron chi connectivity index (χ3n) is 8.07. The first kappa shape index (κ1) is 22.9. The summed E-state index contributed by atoms with van der Waals surface area (Å²) in [4.78, 5) is 4.91. The van der Waals surface area contributed by atoms with Crippen molar-refractivity contribution in [2.45, 2.75) is 33.1 Å². The standard InChI is InChI=1S/C35H31BN2/c1-24-17-20-27(21-18-24)38-31-22-19-25(35(2,3)4)23-29(31)36-28-13-8-9-14-30(28)37(26-11-6-5-7-12-26)32-15-10-16-33(38)34(32)36/h5-23H,1-4H3. The molecule has 0 fully saturated rings. The lowest BCUT2D eigenvalue weighted by Gasteiger charge is -2.44. The van der Waals surface area contributed by atoms with Crippen LogP contribution < -0.4 is 26.2 Å². The zero-order valence-electron chi connectivity index (χ0n) is 22.4. The molecule has 0 atom stereocenters. The zero-order valence-corrected chi connectivity index (χ0v) is 22.4. The maximum absolute atomic E-state index is 2.47. The fourth-order valence-corrected chi connectivity index (χ4v) is 6.18. The van der Waals surface area contributed by atoms with E-state index in [4.69, 9.17) is 0 Å². The van der Waals surface area contributed by atoms with E-state index in [1.54, 1.807) is 0 Å². The molecule has 5 aromatic rings. The summed E-state index contributed by atoms with van der Waals surface area (Å²) in [6.07, 6.45) is 0. The van der Waals surface area contributed by atoms with Gasteiger partial charge in [0.15, 0.2) is 0 Å². The third kappa shape index (κ3) is 3.42. The third-order valence-corrected chi connectivity index (χ3v) is 8.07. The van der Waals surface area contributed by atoms with Crippen molar-refractivity contribution in [1.82, 2.24) is 0 Å². The molecule has 0 bridgehead atoms. The number of aryl methyl sites for hydroxylation is 1. The molecule has 7 rings (SSSR count). The minimum Gasteiger partial charge on any atom is -0.311 e. The van der Waals surface area contributed by atoms with Crippen molar-refractivity contribution in [2.75, 3.05) is 9.80 Å². The Morgan fingerprint density at radius 2 is 1.11 bits per heavy atom. The van der Waals surface area contributed by atoms with E-state index in [9.17, 15) is 0 Å². The van der Waals surface area contributed by atoms with Crippen LogP contribution in [0.5, 0.6) is 0 Å². The van der Waals surface area contributed by atoms with E-state index in [0.717, 1.165) is 0 Å². The molecule has 2 heterocycles. The van der Waals surface area contributed by atoms with Crippen molar-refractivity contribution >= 4 is 57.2 Å². The van der Waals surface area contributed by atoms with Gasteiger partial charge in [-0.3, -0.25) is 0 Å². The lowest BCUT2D eigenvalue weighted by molar-refractivity contribution is 0.591. The number of nitrogens with zero attached hydrogens (tertiary/aromatic N) is 2. The fourth-order valence-electron chi connectivity index (χ4n) is 6.18. The van der Waals surface area contributed by atoms with Gasteiger partial charge in [0.05, 0.1) is 0 Å². The second-order valence-corrected chi connectivity index (χ2v) is 11.6. The molecule has 184 valence electrons. The maximum atomic E-state index is 2.47. The van der Waals surface area contributed by atoms with Crippen molar-refractivity contribution in [3.63, 3.8) is 0 Å². The summed E-state index contributed by atoms with van der Waals surface area (Å²) in [7, 11) is 0. The first-order valence-electron chi connectivity index (χ1n) is 13.5. The summed E-state index contributed by atoms with van der Waals surface area (Å²) in [5.74, 6) is 0. The molecule has 0 saturated carbocycles. The van der Waals surface area contributed by atoms with Gasteiger partial charge in [-0.05, 0) is 82.8 Å². The number of benzene rings is 5. The van der Waals surface area contributed by atoms with Gasteiger partial charge in [-0.2, -0.15) is 0 Å². The van der Waals surface area contributed by atoms with Crippen LogP contribution in [-0.2, 0) is 5.41 Å². The summed E-state index contributed by atoms with van der Waals surface area (Å²) in [5, 5.41) is 0. The highest BCUT2D eigenvalue weighted by molar-refractivity contribution is 7.00. The molecule has 2 aliphatic rings. The van der Waals surface area contributed by atoms with Crippen LogP contribution in [0.15, 0.2) is 115 Å². The molecule has 5 aromatic carbocycles. The van der Waals surface area contributed by atoms with Crippen LogP contribution in [-0.4, -0.2) is 6.71 Å². The Labute approximate surface area is 226 Å². The quantitative estimate of drug-likeness (QED) is 0.234. The number of hydrogen-bond acceptors (Lipinski definition) is 2. The van der Waals surface area contributed by atoms with Gasteiger partial charge in [0.25, 0.3) is 6.71 Å². The average Bonchev–Trinajstić information content (AvgIpc) is 2.93. The van der Waals surface area contributed by atoms with Crippen molar-refractivity contribution < 1.29 is 0 Å². The molecule has 2 aliphatic heterocycles. The molecular formula is C35H31BN2. The summed E-state index contributed by atoms with van der Waals surface area (Å²) in [6, 6.07) is 42.6. The predicted octanol–water partition coefficient (Wildman–Crippen LogP) is 7.38. The minimum absolute atomic E-state index is 0.0633. The molecular weight excluding hydrogens is 459 g/mol. The first-order valence-corrected chi connectivity index (χ1v) is 13.5. The summed E-state index contributed by atoms with van der Waals surface area (Å²) >= 11 is 0.